The molecule has 0 heterocycles. The molecule has 2 aromatic rings. The number of rotatable bonds is 3. The van der Waals surface area contributed by atoms with Crippen molar-refractivity contribution >= 4 is 44.7 Å². The Morgan fingerprint density at radius 3 is 2.57 bits per heavy atom. The van der Waals surface area contributed by atoms with Crippen molar-refractivity contribution in [1.29, 1.82) is 0 Å². The van der Waals surface area contributed by atoms with Gasteiger partial charge >= 0.3 is 0 Å². The van der Waals surface area contributed by atoms with E-state index in [-0.39, 0.29) is 16.7 Å². The van der Waals surface area contributed by atoms with Gasteiger partial charge in [0.2, 0.25) is 0 Å². The van der Waals surface area contributed by atoms with Crippen LogP contribution in [0, 0.1) is 12.7 Å². The summed E-state index contributed by atoms with van der Waals surface area (Å²) in [5.74, 6) is -0.678. The molecule has 0 fully saturated rings. The van der Waals surface area contributed by atoms with Gasteiger partial charge in [0.25, 0.3) is 5.91 Å². The lowest BCUT2D eigenvalue weighted by Crippen LogP contribution is -2.14. The summed E-state index contributed by atoms with van der Waals surface area (Å²) in [7, 11) is 0. The maximum Gasteiger partial charge on any atom is 0.255 e. The first-order valence-electron chi connectivity index (χ1n) is 6.05. The summed E-state index contributed by atoms with van der Waals surface area (Å²) in [4.78, 5) is 12.5. The van der Waals surface area contributed by atoms with Crippen LogP contribution in [0.2, 0.25) is 0 Å². The monoisotopic (exact) mass is 366 g/mol. The van der Waals surface area contributed by atoms with Crippen LogP contribution in [0.1, 0.15) is 21.5 Å². The molecule has 0 spiro atoms. The molecule has 2 rings (SSSR count). The Kier molecular flexibility index (Phi) is 4.69. The predicted molar refractivity (Wildman–Crippen MR) is 89.1 cm³/mol. The number of nitrogens with two attached hydrogens (primary N) is 1. The standard InChI is InChI=1S/C15H12BrFN2OS/c1-8-6-10(17)3-4-11(8)15(20)19-13-5-2-9(14(18)21)7-12(13)16/h2-7H,1H3,(H2,18,21)(H,19,20). The van der Waals surface area contributed by atoms with Crippen LogP contribution >= 0.6 is 28.1 Å². The molecule has 0 atom stereocenters. The molecule has 1 amide bonds. The first-order valence-corrected chi connectivity index (χ1v) is 7.25. The molecule has 0 aromatic heterocycles. The van der Waals surface area contributed by atoms with Gasteiger partial charge in [0.1, 0.15) is 10.8 Å². The van der Waals surface area contributed by atoms with E-state index in [1.807, 2.05) is 0 Å². The first kappa shape index (κ1) is 15.6. The molecule has 108 valence electrons. The van der Waals surface area contributed by atoms with Crippen LogP contribution in [0.25, 0.3) is 0 Å². The zero-order chi connectivity index (χ0) is 15.6. The Balaban J connectivity index is 2.25. The van der Waals surface area contributed by atoms with Crippen LogP contribution in [0.15, 0.2) is 40.9 Å². The Morgan fingerprint density at radius 1 is 1.29 bits per heavy atom. The molecule has 0 aliphatic heterocycles. The van der Waals surface area contributed by atoms with Gasteiger partial charge in [-0.15, -0.1) is 0 Å². The number of carbonyl (C=O) groups is 1. The Hall–Kier alpha value is -1.79. The largest absolute Gasteiger partial charge is 0.389 e. The van der Waals surface area contributed by atoms with Gasteiger partial charge in [-0.3, -0.25) is 4.79 Å². The van der Waals surface area contributed by atoms with E-state index in [1.54, 1.807) is 25.1 Å². The van der Waals surface area contributed by atoms with Crippen LogP contribution in [0.4, 0.5) is 10.1 Å². The maximum atomic E-state index is 13.1. The number of halogens is 2. The van der Waals surface area contributed by atoms with E-state index in [0.29, 0.717) is 26.9 Å². The third-order valence-corrected chi connectivity index (χ3v) is 3.83. The number of hydrogen-bond donors (Lipinski definition) is 2. The van der Waals surface area contributed by atoms with Crippen molar-refractivity contribution in [2.45, 2.75) is 6.92 Å². The van der Waals surface area contributed by atoms with Crippen LogP contribution < -0.4 is 11.1 Å². The highest BCUT2D eigenvalue weighted by Crippen LogP contribution is 2.24. The van der Waals surface area contributed by atoms with Crippen molar-refractivity contribution in [3.8, 4) is 0 Å². The third kappa shape index (κ3) is 3.65. The predicted octanol–water partition coefficient (Wildman–Crippen LogP) is 3.78. The second-order valence-electron chi connectivity index (χ2n) is 4.47. The smallest absolute Gasteiger partial charge is 0.255 e. The van der Waals surface area contributed by atoms with Gasteiger partial charge in [-0.05, 0) is 64.8 Å². The van der Waals surface area contributed by atoms with E-state index in [4.69, 9.17) is 18.0 Å². The average Bonchev–Trinajstić information content (AvgIpc) is 2.40. The Labute approximate surface area is 135 Å². The van der Waals surface area contributed by atoms with Gasteiger partial charge in [0.15, 0.2) is 0 Å². The number of anilines is 1. The second-order valence-corrected chi connectivity index (χ2v) is 5.77. The van der Waals surface area contributed by atoms with Crippen molar-refractivity contribution in [2.75, 3.05) is 5.32 Å². The summed E-state index contributed by atoms with van der Waals surface area (Å²) in [6, 6.07) is 9.19. The molecular formula is C15H12BrFN2OS. The van der Waals surface area contributed by atoms with Gasteiger partial charge in [-0.2, -0.15) is 0 Å². The van der Waals surface area contributed by atoms with Gasteiger partial charge in [-0.25, -0.2) is 4.39 Å². The summed E-state index contributed by atoms with van der Waals surface area (Å²) in [5, 5.41) is 2.76. The van der Waals surface area contributed by atoms with Gasteiger partial charge in [-0.1, -0.05) is 12.2 Å². The van der Waals surface area contributed by atoms with Crippen LogP contribution in [-0.4, -0.2) is 10.9 Å². The number of carbonyl (C=O) groups excluding carboxylic acids is 1. The molecular weight excluding hydrogens is 355 g/mol. The number of hydrogen-bond acceptors (Lipinski definition) is 2. The minimum absolute atomic E-state index is 0.281. The molecule has 0 bridgehead atoms. The van der Waals surface area contributed by atoms with E-state index in [0.717, 1.165) is 0 Å². The topological polar surface area (TPSA) is 55.1 Å². The number of benzene rings is 2. The molecule has 0 unspecified atom stereocenters. The fraction of sp³-hybridized carbons (Fsp3) is 0.0667. The SMILES string of the molecule is Cc1cc(F)ccc1C(=O)Nc1ccc(C(N)=S)cc1Br. The lowest BCUT2D eigenvalue weighted by Gasteiger charge is -2.10. The third-order valence-electron chi connectivity index (χ3n) is 2.93. The molecule has 21 heavy (non-hydrogen) atoms. The number of thiocarbonyl (C=S) groups is 1. The molecule has 2 aromatic carbocycles. The van der Waals surface area contributed by atoms with E-state index < -0.39 is 0 Å². The minimum Gasteiger partial charge on any atom is -0.389 e. The summed E-state index contributed by atoms with van der Waals surface area (Å²) < 4.78 is 13.7. The van der Waals surface area contributed by atoms with Gasteiger partial charge in [0.05, 0.1) is 5.69 Å². The summed E-state index contributed by atoms with van der Waals surface area (Å²) in [5.41, 5.74) is 7.83. The Bertz CT molecular complexity index is 734. The van der Waals surface area contributed by atoms with E-state index in [9.17, 15) is 9.18 Å². The van der Waals surface area contributed by atoms with Crippen molar-refractivity contribution in [2.24, 2.45) is 5.73 Å². The minimum atomic E-state index is -0.369. The molecule has 0 aliphatic rings. The maximum absolute atomic E-state index is 13.1. The van der Waals surface area contributed by atoms with Crippen LogP contribution in [0.5, 0.6) is 0 Å². The lowest BCUT2D eigenvalue weighted by atomic mass is 10.1. The van der Waals surface area contributed by atoms with Crippen molar-refractivity contribution in [3.63, 3.8) is 0 Å². The first-order chi connectivity index (χ1) is 9.88. The van der Waals surface area contributed by atoms with E-state index in [1.165, 1.54) is 18.2 Å². The highest BCUT2D eigenvalue weighted by molar-refractivity contribution is 9.10. The van der Waals surface area contributed by atoms with Gasteiger partial charge in [0, 0.05) is 15.6 Å². The van der Waals surface area contributed by atoms with Crippen LogP contribution in [-0.2, 0) is 0 Å². The van der Waals surface area contributed by atoms with E-state index >= 15 is 0 Å². The summed E-state index contributed by atoms with van der Waals surface area (Å²) >= 11 is 8.25. The van der Waals surface area contributed by atoms with E-state index in [2.05, 4.69) is 21.2 Å². The van der Waals surface area contributed by atoms with Gasteiger partial charge < -0.3 is 11.1 Å². The number of nitrogens with one attached hydrogen (secondary N) is 1. The highest BCUT2D eigenvalue weighted by Gasteiger charge is 2.12. The zero-order valence-electron chi connectivity index (χ0n) is 11.1. The zero-order valence-corrected chi connectivity index (χ0v) is 13.5. The molecule has 0 saturated heterocycles. The van der Waals surface area contributed by atoms with Crippen molar-refractivity contribution in [1.82, 2.24) is 0 Å². The lowest BCUT2D eigenvalue weighted by molar-refractivity contribution is 0.102. The normalized spacial score (nSPS) is 10.2. The quantitative estimate of drug-likeness (QED) is 0.812. The summed E-state index contributed by atoms with van der Waals surface area (Å²) in [6.07, 6.45) is 0. The molecule has 3 N–H and O–H groups in total. The fourth-order valence-corrected chi connectivity index (χ4v) is 2.45. The molecule has 3 nitrogen and oxygen atoms in total. The summed E-state index contributed by atoms with van der Waals surface area (Å²) in [6.45, 7) is 1.68. The Morgan fingerprint density at radius 2 is 2.00 bits per heavy atom. The molecule has 6 heteroatoms. The number of amides is 1. The van der Waals surface area contributed by atoms with Crippen LogP contribution in [0.3, 0.4) is 0 Å². The fourth-order valence-electron chi connectivity index (χ4n) is 1.84. The number of aryl methyl sites for hydroxylation is 1. The highest BCUT2D eigenvalue weighted by atomic mass is 79.9. The molecule has 0 aliphatic carbocycles. The molecule has 0 radical (unpaired) electrons. The van der Waals surface area contributed by atoms with Crippen molar-refractivity contribution in [3.05, 3.63) is 63.4 Å². The molecule has 0 saturated carbocycles. The second kappa shape index (κ2) is 6.32. The average molecular weight is 367 g/mol. The van der Waals surface area contributed by atoms with Crippen molar-refractivity contribution < 1.29 is 9.18 Å².